The topological polar surface area (TPSA) is 29.5 Å². The van der Waals surface area contributed by atoms with Crippen molar-refractivity contribution in [3.05, 3.63) is 65.0 Å². The Labute approximate surface area is 115 Å². The molecule has 3 aromatic rings. The van der Waals surface area contributed by atoms with Crippen LogP contribution < -0.4 is 4.74 Å². The molecule has 0 bridgehead atoms. The van der Waals surface area contributed by atoms with Gasteiger partial charge in [-0.2, -0.15) is 0 Å². The van der Waals surface area contributed by atoms with Gasteiger partial charge in [-0.05, 0) is 23.6 Å². The molecule has 0 spiro atoms. The lowest BCUT2D eigenvalue weighted by atomic mass is 10.2. The highest BCUT2D eigenvalue weighted by atomic mass is 32.1. The molecule has 1 heterocycles. The fourth-order valence-electron chi connectivity index (χ4n) is 2.03. The summed E-state index contributed by atoms with van der Waals surface area (Å²) < 4.78 is 7.07. The molecule has 0 aliphatic heterocycles. The summed E-state index contributed by atoms with van der Waals surface area (Å²) in [5.74, 6) is 0.752. The van der Waals surface area contributed by atoms with Crippen LogP contribution in [0.5, 0.6) is 5.75 Å². The Hall–Kier alpha value is -1.84. The Kier molecular flexibility index (Phi) is 3.49. The van der Waals surface area contributed by atoms with Crippen molar-refractivity contribution in [3.8, 4) is 5.75 Å². The first-order valence-corrected chi connectivity index (χ1v) is 6.97. The number of fused-ring (bicyclic) bond motifs is 1. The number of thiophene rings is 1. The summed E-state index contributed by atoms with van der Waals surface area (Å²) in [6.45, 7) is 0.541. The van der Waals surface area contributed by atoms with Gasteiger partial charge in [0.05, 0.1) is 6.61 Å². The van der Waals surface area contributed by atoms with Crippen LogP contribution in [0, 0.1) is 0 Å². The predicted molar refractivity (Wildman–Crippen MR) is 78.5 cm³/mol. The summed E-state index contributed by atoms with van der Waals surface area (Å²) in [5, 5.41) is 10.5. The van der Waals surface area contributed by atoms with E-state index in [1.54, 1.807) is 11.3 Å². The van der Waals surface area contributed by atoms with Crippen LogP contribution in [0.2, 0.25) is 0 Å². The molecule has 0 unspecified atom stereocenters. The smallest absolute Gasteiger partial charge is 0.125 e. The van der Waals surface area contributed by atoms with Crippen molar-refractivity contribution >= 4 is 21.4 Å². The monoisotopic (exact) mass is 270 g/mol. The Morgan fingerprint density at radius 3 is 2.63 bits per heavy atom. The van der Waals surface area contributed by atoms with E-state index in [0.29, 0.717) is 6.61 Å². The number of ether oxygens (including phenoxy) is 1. The molecule has 96 valence electrons. The summed E-state index contributed by atoms with van der Waals surface area (Å²) in [7, 11) is 0. The predicted octanol–water partition coefficient (Wildman–Crippen LogP) is 3.97. The van der Waals surface area contributed by atoms with Gasteiger partial charge in [0.25, 0.3) is 0 Å². The van der Waals surface area contributed by atoms with Gasteiger partial charge in [0, 0.05) is 15.1 Å². The lowest BCUT2D eigenvalue weighted by Crippen LogP contribution is -1.96. The van der Waals surface area contributed by atoms with Crippen LogP contribution in [0.1, 0.15) is 10.4 Å². The molecular formula is C16H14O2S. The first-order chi connectivity index (χ1) is 9.36. The van der Waals surface area contributed by atoms with E-state index in [-0.39, 0.29) is 6.61 Å². The average molecular weight is 270 g/mol. The maximum atomic E-state index is 9.25. The summed E-state index contributed by atoms with van der Waals surface area (Å²) in [4.78, 5) is 1.19. The van der Waals surface area contributed by atoms with E-state index in [2.05, 4.69) is 18.2 Å². The lowest BCUT2D eigenvalue weighted by molar-refractivity contribution is 0.260. The van der Waals surface area contributed by atoms with Crippen molar-refractivity contribution in [2.75, 3.05) is 0 Å². The summed E-state index contributed by atoms with van der Waals surface area (Å²) in [6, 6.07) is 18.0. The molecule has 19 heavy (non-hydrogen) atoms. The molecule has 1 aromatic heterocycles. The molecule has 0 amide bonds. The molecule has 1 N–H and O–H groups in total. The molecular weight excluding hydrogens is 256 g/mol. The third kappa shape index (κ3) is 2.62. The van der Waals surface area contributed by atoms with Crippen molar-refractivity contribution in [2.24, 2.45) is 0 Å². The summed E-state index contributed by atoms with van der Waals surface area (Å²) >= 11 is 1.74. The van der Waals surface area contributed by atoms with Crippen LogP contribution in [0.3, 0.4) is 0 Å². The third-order valence-electron chi connectivity index (χ3n) is 2.99. The molecule has 3 rings (SSSR count). The second kappa shape index (κ2) is 5.43. The minimum Gasteiger partial charge on any atom is -0.488 e. The Morgan fingerprint density at radius 2 is 1.79 bits per heavy atom. The van der Waals surface area contributed by atoms with E-state index >= 15 is 0 Å². The van der Waals surface area contributed by atoms with E-state index in [0.717, 1.165) is 11.3 Å². The van der Waals surface area contributed by atoms with Crippen LogP contribution in [0.15, 0.2) is 54.6 Å². The van der Waals surface area contributed by atoms with Crippen LogP contribution in [-0.4, -0.2) is 5.11 Å². The number of benzene rings is 2. The van der Waals surface area contributed by atoms with Gasteiger partial charge in [-0.25, -0.2) is 0 Å². The zero-order valence-corrected chi connectivity index (χ0v) is 11.2. The standard InChI is InChI=1S/C16H14O2S/c17-10-13-6-1-3-7-15(13)18-11-14-9-12-5-2-4-8-16(12)19-14/h1-9,17H,10-11H2. The van der Waals surface area contributed by atoms with Crippen LogP contribution in [-0.2, 0) is 13.2 Å². The molecule has 0 atom stereocenters. The first-order valence-electron chi connectivity index (χ1n) is 6.16. The fourth-order valence-corrected chi connectivity index (χ4v) is 3.01. The van der Waals surface area contributed by atoms with Gasteiger partial charge in [-0.3, -0.25) is 0 Å². The van der Waals surface area contributed by atoms with E-state index in [4.69, 9.17) is 4.74 Å². The maximum Gasteiger partial charge on any atom is 0.125 e. The summed E-state index contributed by atoms with van der Waals surface area (Å²) in [5.41, 5.74) is 0.823. The molecule has 2 nitrogen and oxygen atoms in total. The number of para-hydroxylation sites is 1. The molecule has 2 aromatic carbocycles. The maximum absolute atomic E-state index is 9.25. The van der Waals surface area contributed by atoms with E-state index in [1.165, 1.54) is 15.0 Å². The molecule has 0 saturated carbocycles. The van der Waals surface area contributed by atoms with Crippen molar-refractivity contribution in [1.82, 2.24) is 0 Å². The van der Waals surface area contributed by atoms with Gasteiger partial charge in [-0.15, -0.1) is 11.3 Å². The SMILES string of the molecule is OCc1ccccc1OCc1cc2ccccc2s1. The highest BCUT2D eigenvalue weighted by Crippen LogP contribution is 2.27. The number of aliphatic hydroxyl groups is 1. The first kappa shape index (κ1) is 12.2. The van der Waals surface area contributed by atoms with Gasteiger partial charge < -0.3 is 9.84 Å². The van der Waals surface area contributed by atoms with Crippen molar-refractivity contribution < 1.29 is 9.84 Å². The largest absolute Gasteiger partial charge is 0.488 e. The quantitative estimate of drug-likeness (QED) is 0.777. The Morgan fingerprint density at radius 1 is 1.00 bits per heavy atom. The molecule has 0 radical (unpaired) electrons. The van der Waals surface area contributed by atoms with Gasteiger partial charge in [-0.1, -0.05) is 36.4 Å². The average Bonchev–Trinajstić information content (AvgIpc) is 2.88. The second-order valence-corrected chi connectivity index (χ2v) is 5.47. The second-order valence-electron chi connectivity index (χ2n) is 4.31. The van der Waals surface area contributed by atoms with Crippen molar-refractivity contribution in [2.45, 2.75) is 13.2 Å². The van der Waals surface area contributed by atoms with Crippen LogP contribution in [0.4, 0.5) is 0 Å². The molecule has 3 heteroatoms. The Bertz CT molecular complexity index is 655. The van der Waals surface area contributed by atoms with Gasteiger partial charge in [0.15, 0.2) is 0 Å². The molecule has 0 saturated heterocycles. The van der Waals surface area contributed by atoms with Crippen LogP contribution >= 0.6 is 11.3 Å². The van der Waals surface area contributed by atoms with Crippen molar-refractivity contribution in [3.63, 3.8) is 0 Å². The molecule has 0 aliphatic carbocycles. The highest BCUT2D eigenvalue weighted by molar-refractivity contribution is 7.19. The molecule has 0 fully saturated rings. The number of aliphatic hydroxyl groups excluding tert-OH is 1. The zero-order valence-electron chi connectivity index (χ0n) is 10.4. The van der Waals surface area contributed by atoms with E-state index in [1.807, 2.05) is 36.4 Å². The molecule has 0 aliphatic rings. The van der Waals surface area contributed by atoms with Gasteiger partial charge in [0.2, 0.25) is 0 Å². The van der Waals surface area contributed by atoms with Crippen LogP contribution in [0.25, 0.3) is 10.1 Å². The minimum atomic E-state index is 0.00257. The fraction of sp³-hybridized carbons (Fsp3) is 0.125. The highest BCUT2D eigenvalue weighted by Gasteiger charge is 2.04. The van der Waals surface area contributed by atoms with Gasteiger partial charge >= 0.3 is 0 Å². The Balaban J connectivity index is 1.78. The third-order valence-corrected chi connectivity index (χ3v) is 4.08. The van der Waals surface area contributed by atoms with Gasteiger partial charge in [0.1, 0.15) is 12.4 Å². The number of rotatable bonds is 4. The normalized spacial score (nSPS) is 10.8. The summed E-state index contributed by atoms with van der Waals surface area (Å²) in [6.07, 6.45) is 0. The number of hydrogen-bond donors (Lipinski definition) is 1. The number of hydrogen-bond acceptors (Lipinski definition) is 3. The van der Waals surface area contributed by atoms with Crippen molar-refractivity contribution in [1.29, 1.82) is 0 Å². The van der Waals surface area contributed by atoms with E-state index < -0.39 is 0 Å². The zero-order chi connectivity index (χ0) is 13.1. The lowest BCUT2D eigenvalue weighted by Gasteiger charge is -2.08. The minimum absolute atomic E-state index is 0.00257. The van der Waals surface area contributed by atoms with E-state index in [9.17, 15) is 5.11 Å².